The zero-order valence-electron chi connectivity index (χ0n) is 18.6. The fourth-order valence-corrected chi connectivity index (χ4v) is 3.50. The SMILES string of the molecule is Cc1ccc(N(CCc2ccc(C(F)(F)F)cc2)C(=O)[C@](C)(O)c2ccc(F)cc2)cc1C. The second-order valence-corrected chi connectivity index (χ2v) is 8.25. The molecule has 1 atom stereocenters. The summed E-state index contributed by atoms with van der Waals surface area (Å²) in [5.41, 5.74) is 0.695. The molecule has 33 heavy (non-hydrogen) atoms. The molecule has 1 amide bonds. The number of nitrogens with zero attached hydrogens (tertiary/aromatic N) is 1. The van der Waals surface area contributed by atoms with Crippen molar-refractivity contribution in [3.8, 4) is 0 Å². The number of aryl methyl sites for hydroxylation is 2. The maximum absolute atomic E-state index is 13.5. The molecule has 0 radical (unpaired) electrons. The molecule has 0 heterocycles. The molecule has 0 aliphatic heterocycles. The van der Waals surface area contributed by atoms with Crippen LogP contribution >= 0.6 is 0 Å². The van der Waals surface area contributed by atoms with E-state index in [1.54, 1.807) is 6.07 Å². The van der Waals surface area contributed by atoms with Crippen molar-refractivity contribution in [1.82, 2.24) is 0 Å². The van der Waals surface area contributed by atoms with Crippen molar-refractivity contribution in [2.24, 2.45) is 0 Å². The second-order valence-electron chi connectivity index (χ2n) is 8.25. The van der Waals surface area contributed by atoms with E-state index in [4.69, 9.17) is 0 Å². The van der Waals surface area contributed by atoms with E-state index in [1.807, 2.05) is 26.0 Å². The summed E-state index contributed by atoms with van der Waals surface area (Å²) in [6.45, 7) is 5.30. The van der Waals surface area contributed by atoms with Crippen LogP contribution in [0.25, 0.3) is 0 Å². The van der Waals surface area contributed by atoms with E-state index in [-0.39, 0.29) is 18.5 Å². The maximum atomic E-state index is 13.5. The van der Waals surface area contributed by atoms with Gasteiger partial charge >= 0.3 is 6.18 Å². The smallest absolute Gasteiger partial charge is 0.376 e. The molecule has 3 nitrogen and oxygen atoms in total. The van der Waals surface area contributed by atoms with E-state index < -0.39 is 29.1 Å². The highest BCUT2D eigenvalue weighted by molar-refractivity contribution is 5.99. The normalized spacial score (nSPS) is 13.5. The van der Waals surface area contributed by atoms with Crippen molar-refractivity contribution >= 4 is 11.6 Å². The Bertz CT molecular complexity index is 1120. The molecule has 174 valence electrons. The van der Waals surface area contributed by atoms with Crippen molar-refractivity contribution in [3.63, 3.8) is 0 Å². The van der Waals surface area contributed by atoms with E-state index in [1.165, 1.54) is 48.2 Å². The molecule has 0 unspecified atom stereocenters. The second kappa shape index (κ2) is 9.35. The average Bonchev–Trinajstić information content (AvgIpc) is 2.76. The number of alkyl halides is 3. The van der Waals surface area contributed by atoms with Gasteiger partial charge in [0.25, 0.3) is 5.91 Å². The molecule has 0 spiro atoms. The molecule has 3 rings (SSSR count). The molecule has 0 aliphatic rings. The van der Waals surface area contributed by atoms with Crippen LogP contribution < -0.4 is 4.90 Å². The first-order chi connectivity index (χ1) is 15.4. The molecule has 1 N–H and O–H groups in total. The van der Waals surface area contributed by atoms with Crippen LogP contribution in [0.15, 0.2) is 66.7 Å². The predicted octanol–water partition coefficient (Wildman–Crippen LogP) is 5.94. The largest absolute Gasteiger partial charge is 0.416 e. The van der Waals surface area contributed by atoms with E-state index in [9.17, 15) is 27.5 Å². The van der Waals surface area contributed by atoms with E-state index in [2.05, 4.69) is 0 Å². The lowest BCUT2D eigenvalue weighted by Crippen LogP contribution is -2.46. The summed E-state index contributed by atoms with van der Waals surface area (Å²) in [5.74, 6) is -1.11. The number of rotatable bonds is 6. The fraction of sp³-hybridized carbons (Fsp3) is 0.269. The quantitative estimate of drug-likeness (QED) is 0.463. The number of anilines is 1. The number of carbonyl (C=O) groups is 1. The highest BCUT2D eigenvalue weighted by atomic mass is 19.4. The Labute approximate surface area is 190 Å². The lowest BCUT2D eigenvalue weighted by atomic mass is 9.93. The molecule has 0 bridgehead atoms. The third kappa shape index (κ3) is 5.60. The molecule has 0 saturated heterocycles. The third-order valence-electron chi connectivity index (χ3n) is 5.78. The monoisotopic (exact) mass is 459 g/mol. The van der Waals surface area contributed by atoms with E-state index >= 15 is 0 Å². The molecule has 0 fully saturated rings. The van der Waals surface area contributed by atoms with Gasteiger partial charge in [0, 0.05) is 12.2 Å². The number of carbonyl (C=O) groups excluding carboxylic acids is 1. The number of hydrogen-bond acceptors (Lipinski definition) is 2. The summed E-state index contributed by atoms with van der Waals surface area (Å²) >= 11 is 0. The van der Waals surface area contributed by atoms with Gasteiger partial charge in [-0.05, 0) is 85.8 Å². The van der Waals surface area contributed by atoms with Gasteiger partial charge in [-0.25, -0.2) is 4.39 Å². The van der Waals surface area contributed by atoms with Crippen LogP contribution in [0.1, 0.15) is 34.7 Å². The third-order valence-corrected chi connectivity index (χ3v) is 5.78. The van der Waals surface area contributed by atoms with Crippen LogP contribution in [0.5, 0.6) is 0 Å². The summed E-state index contributed by atoms with van der Waals surface area (Å²) in [7, 11) is 0. The lowest BCUT2D eigenvalue weighted by Gasteiger charge is -2.32. The molecule has 0 saturated carbocycles. The van der Waals surface area contributed by atoms with Gasteiger partial charge < -0.3 is 10.0 Å². The number of benzene rings is 3. The van der Waals surface area contributed by atoms with Crippen molar-refractivity contribution in [1.29, 1.82) is 0 Å². The molecular formula is C26H25F4NO2. The van der Waals surface area contributed by atoms with Gasteiger partial charge in [0.1, 0.15) is 5.82 Å². The summed E-state index contributed by atoms with van der Waals surface area (Å²) in [4.78, 5) is 14.9. The Morgan fingerprint density at radius 2 is 1.45 bits per heavy atom. The Hall–Kier alpha value is -3.19. The van der Waals surface area contributed by atoms with E-state index in [0.29, 0.717) is 11.3 Å². The van der Waals surface area contributed by atoms with Crippen LogP contribution in [-0.4, -0.2) is 17.6 Å². The molecule has 3 aromatic rings. The Kier molecular flexibility index (Phi) is 6.93. The minimum atomic E-state index is -4.42. The Balaban J connectivity index is 1.91. The van der Waals surface area contributed by atoms with Crippen molar-refractivity contribution in [3.05, 3.63) is 100 Å². The zero-order valence-corrected chi connectivity index (χ0v) is 18.6. The zero-order chi connectivity index (χ0) is 24.4. The highest BCUT2D eigenvalue weighted by Gasteiger charge is 2.37. The van der Waals surface area contributed by atoms with Crippen LogP contribution in [0.4, 0.5) is 23.2 Å². The van der Waals surface area contributed by atoms with Gasteiger partial charge in [-0.3, -0.25) is 4.79 Å². The van der Waals surface area contributed by atoms with Crippen LogP contribution in [0.3, 0.4) is 0 Å². The van der Waals surface area contributed by atoms with Gasteiger partial charge in [-0.1, -0.05) is 30.3 Å². The highest BCUT2D eigenvalue weighted by Crippen LogP contribution is 2.30. The standard InChI is InChI=1S/C26H25F4NO2/c1-17-4-13-23(16-18(17)2)31(15-14-19-5-7-21(8-6-19)26(28,29)30)24(32)25(3,33)20-9-11-22(27)12-10-20/h4-13,16,33H,14-15H2,1-3H3/t25-/m1/s1. The van der Waals surface area contributed by atoms with Crippen LogP contribution in [0, 0.1) is 19.7 Å². The first-order valence-electron chi connectivity index (χ1n) is 10.4. The van der Waals surface area contributed by atoms with Gasteiger partial charge in [0.05, 0.1) is 5.56 Å². The van der Waals surface area contributed by atoms with Crippen LogP contribution in [0.2, 0.25) is 0 Å². The number of aliphatic hydroxyl groups is 1. The summed E-state index contributed by atoms with van der Waals surface area (Å²) in [5, 5.41) is 11.1. The number of halogens is 4. The summed E-state index contributed by atoms with van der Waals surface area (Å²) < 4.78 is 51.9. The van der Waals surface area contributed by atoms with E-state index in [0.717, 1.165) is 23.3 Å². The fourth-order valence-electron chi connectivity index (χ4n) is 3.50. The summed E-state index contributed by atoms with van der Waals surface area (Å²) in [6.07, 6.45) is -4.15. The molecular weight excluding hydrogens is 434 g/mol. The molecule has 3 aromatic carbocycles. The molecule has 0 aromatic heterocycles. The minimum absolute atomic E-state index is 0.129. The van der Waals surface area contributed by atoms with Crippen LogP contribution in [-0.2, 0) is 23.0 Å². The summed E-state index contributed by atoms with van der Waals surface area (Å²) in [6, 6.07) is 15.2. The molecule has 7 heteroatoms. The first kappa shape index (κ1) is 24.5. The van der Waals surface area contributed by atoms with Crippen molar-refractivity contribution in [2.75, 3.05) is 11.4 Å². The maximum Gasteiger partial charge on any atom is 0.416 e. The van der Waals surface area contributed by atoms with Gasteiger partial charge in [0.15, 0.2) is 5.60 Å². The number of amides is 1. The van der Waals surface area contributed by atoms with Gasteiger partial charge in [-0.2, -0.15) is 13.2 Å². The Morgan fingerprint density at radius 1 is 0.879 bits per heavy atom. The lowest BCUT2D eigenvalue weighted by molar-refractivity contribution is -0.137. The predicted molar refractivity (Wildman–Crippen MR) is 119 cm³/mol. The first-order valence-corrected chi connectivity index (χ1v) is 10.4. The topological polar surface area (TPSA) is 40.5 Å². The van der Waals surface area contributed by atoms with Gasteiger partial charge in [0.2, 0.25) is 0 Å². The Morgan fingerprint density at radius 3 is 2.00 bits per heavy atom. The minimum Gasteiger partial charge on any atom is -0.376 e. The molecule has 0 aliphatic carbocycles. The van der Waals surface area contributed by atoms with Crippen molar-refractivity contribution < 1.29 is 27.5 Å². The van der Waals surface area contributed by atoms with Crippen molar-refractivity contribution in [2.45, 2.75) is 39.0 Å². The van der Waals surface area contributed by atoms with Gasteiger partial charge in [-0.15, -0.1) is 0 Å². The number of hydrogen-bond donors (Lipinski definition) is 1. The average molecular weight is 459 g/mol.